The molecule has 0 saturated carbocycles. The maximum Gasteiger partial charge on any atom is 0.340 e. The molecule has 2 aliphatic rings. The maximum atomic E-state index is 12.0. The van der Waals surface area contributed by atoms with Gasteiger partial charge < -0.3 is 39.1 Å². The fraction of sp³-hybridized carbons (Fsp3) is 0.455. The number of pyridine rings is 1. The van der Waals surface area contributed by atoms with Gasteiger partial charge >= 0.3 is 15.2 Å². The van der Waals surface area contributed by atoms with Gasteiger partial charge in [-0.05, 0) is 30.0 Å². The molecule has 3 aromatic rings. The summed E-state index contributed by atoms with van der Waals surface area (Å²) in [6.07, 6.45) is -2.18. The van der Waals surface area contributed by atoms with Gasteiger partial charge in [-0.15, -0.1) is 0 Å². The molecule has 5 rings (SSSR count). The third kappa shape index (κ3) is 5.41. The number of anilines is 1. The van der Waals surface area contributed by atoms with Crippen LogP contribution in [0.15, 0.2) is 36.5 Å². The van der Waals surface area contributed by atoms with Crippen LogP contribution in [0.5, 0.6) is 0 Å². The number of rotatable bonds is 8. The first kappa shape index (κ1) is 27.7. The zero-order valence-electron chi connectivity index (χ0n) is 20.1. The number of aryl methyl sites for hydroxylation is 1. The topological polar surface area (TPSA) is 188 Å². The molecule has 3 heterocycles. The highest BCUT2D eigenvalue weighted by molar-refractivity contribution is 7.70. The van der Waals surface area contributed by atoms with E-state index in [0.29, 0.717) is 5.39 Å². The van der Waals surface area contributed by atoms with Crippen LogP contribution in [-0.4, -0.2) is 77.5 Å². The van der Waals surface area contributed by atoms with Crippen LogP contribution in [0.4, 0.5) is 5.69 Å². The zero-order valence-corrected chi connectivity index (χ0v) is 22.7. The second-order valence-electron chi connectivity index (χ2n) is 9.44. The Kier molecular flexibility index (Phi) is 7.47. The summed E-state index contributed by atoms with van der Waals surface area (Å²) in [5.74, 6) is -1.39. The van der Waals surface area contributed by atoms with Crippen molar-refractivity contribution in [3.8, 4) is 0 Å². The van der Waals surface area contributed by atoms with Gasteiger partial charge in [0.2, 0.25) is 0 Å². The van der Waals surface area contributed by atoms with Gasteiger partial charge in [-0.25, -0.2) is 9.67 Å². The van der Waals surface area contributed by atoms with Gasteiger partial charge in [0.15, 0.2) is 17.8 Å². The first-order valence-corrected chi connectivity index (χ1v) is 15.7. The third-order valence-corrected chi connectivity index (χ3v) is 10.5. The van der Waals surface area contributed by atoms with Crippen LogP contribution in [-0.2, 0) is 24.8 Å². The van der Waals surface area contributed by atoms with Crippen LogP contribution in [0.1, 0.15) is 29.8 Å². The van der Waals surface area contributed by atoms with Crippen molar-refractivity contribution in [3.63, 3.8) is 0 Å². The second-order valence-corrected chi connectivity index (χ2v) is 13.8. The van der Waals surface area contributed by atoms with Crippen LogP contribution in [0, 0.1) is 0 Å². The maximum absolute atomic E-state index is 12.0. The van der Waals surface area contributed by atoms with Crippen LogP contribution in [0.3, 0.4) is 0 Å². The molecule has 206 valence electrons. The zero-order chi connectivity index (χ0) is 27.4. The highest BCUT2D eigenvalue weighted by atomic mass is 35.5. The molecule has 1 fully saturated rings. The number of hydrogen-bond donors (Lipinski definition) is 5. The number of aromatic nitrogens is 3. The van der Waals surface area contributed by atoms with E-state index in [-0.39, 0.29) is 16.8 Å². The Labute approximate surface area is 222 Å². The largest absolute Gasteiger partial charge is 0.387 e. The van der Waals surface area contributed by atoms with Crippen molar-refractivity contribution in [2.75, 3.05) is 24.5 Å². The van der Waals surface area contributed by atoms with Crippen molar-refractivity contribution in [1.29, 1.82) is 0 Å². The number of nitrogens with zero attached hydrogens (tertiary/aromatic N) is 4. The predicted octanol–water partition coefficient (Wildman–Crippen LogP) is 2.16. The van der Waals surface area contributed by atoms with Crippen LogP contribution < -0.4 is 4.90 Å². The van der Waals surface area contributed by atoms with Gasteiger partial charge in [0, 0.05) is 7.05 Å². The first-order valence-electron chi connectivity index (χ1n) is 11.7. The van der Waals surface area contributed by atoms with E-state index in [1.165, 1.54) is 15.8 Å². The Balaban J connectivity index is 1.40. The number of halogens is 1. The lowest BCUT2D eigenvalue weighted by Crippen LogP contribution is -2.33. The highest BCUT2D eigenvalue weighted by Crippen LogP contribution is 2.55. The number of hydrogen-bond acceptors (Lipinski definition) is 9. The third-order valence-electron chi connectivity index (χ3n) is 6.84. The quantitative estimate of drug-likeness (QED) is 0.191. The Morgan fingerprint density at radius 3 is 2.68 bits per heavy atom. The van der Waals surface area contributed by atoms with E-state index in [1.807, 2.05) is 19.2 Å². The lowest BCUT2D eigenvalue weighted by atomic mass is 10.1. The lowest BCUT2D eigenvalue weighted by Gasteiger charge is -2.28. The molecular formula is C22H27ClN4O9P2. The average molecular weight is 589 g/mol. The van der Waals surface area contributed by atoms with Gasteiger partial charge in [0.25, 0.3) is 0 Å². The van der Waals surface area contributed by atoms with Crippen molar-refractivity contribution >= 4 is 43.5 Å². The summed E-state index contributed by atoms with van der Waals surface area (Å²) in [4.78, 5) is 34.1. The molecule has 0 bridgehead atoms. The summed E-state index contributed by atoms with van der Waals surface area (Å²) in [6, 6.07) is 10.1. The Bertz CT molecular complexity index is 1450. The molecule has 1 aliphatic carbocycles. The molecule has 38 heavy (non-hydrogen) atoms. The molecule has 0 spiro atoms. The van der Waals surface area contributed by atoms with Crippen molar-refractivity contribution in [3.05, 3.63) is 52.8 Å². The molecule has 1 aliphatic heterocycles. The Hall–Kier alpha value is -1.89. The molecule has 1 aromatic carbocycles. The molecule has 3 unspecified atom stereocenters. The molecule has 1 saturated heterocycles. The number of fused-ring (bicyclic) bond motifs is 2. The molecule has 5 N–H and O–H groups in total. The van der Waals surface area contributed by atoms with E-state index >= 15 is 0 Å². The number of ether oxygens (including phenoxy) is 1. The summed E-state index contributed by atoms with van der Waals surface area (Å²) >= 11 is 6.38. The summed E-state index contributed by atoms with van der Waals surface area (Å²) in [5.41, 5.74) is 3.57. The van der Waals surface area contributed by atoms with Crippen molar-refractivity contribution in [2.45, 2.75) is 43.4 Å². The molecule has 16 heteroatoms. The van der Waals surface area contributed by atoms with Crippen LogP contribution in [0.2, 0.25) is 5.15 Å². The van der Waals surface area contributed by atoms with Crippen LogP contribution in [0.25, 0.3) is 11.0 Å². The highest BCUT2D eigenvalue weighted by Gasteiger charge is 2.46. The summed E-state index contributed by atoms with van der Waals surface area (Å²) in [7, 11) is -7.56. The van der Waals surface area contributed by atoms with Gasteiger partial charge in [0.1, 0.15) is 23.5 Å². The molecule has 2 aromatic heterocycles. The number of benzene rings is 1. The van der Waals surface area contributed by atoms with Gasteiger partial charge in [-0.2, -0.15) is 5.10 Å². The van der Waals surface area contributed by atoms with Crippen molar-refractivity contribution in [2.24, 2.45) is 0 Å². The molecular weight excluding hydrogens is 562 g/mol. The Morgan fingerprint density at radius 1 is 1.21 bits per heavy atom. The second kappa shape index (κ2) is 10.3. The SMILES string of the molecule is CN(c1cc(Cl)nc2c1cnn2[C@@H]1O[C@H](COP(=O)(O)CP(=O)(O)O)C(O)C1O)[C@@H]1CCc2ccccc21. The minimum atomic E-state index is -4.83. The lowest BCUT2D eigenvalue weighted by molar-refractivity contribution is -0.0541. The molecule has 0 amide bonds. The van der Waals surface area contributed by atoms with E-state index in [2.05, 4.69) is 27.1 Å². The van der Waals surface area contributed by atoms with Crippen molar-refractivity contribution in [1.82, 2.24) is 14.8 Å². The normalized spacial score (nSPS) is 27.0. The minimum absolute atomic E-state index is 0.107. The van der Waals surface area contributed by atoms with E-state index in [0.717, 1.165) is 18.5 Å². The van der Waals surface area contributed by atoms with Gasteiger partial charge in [-0.3, -0.25) is 9.13 Å². The fourth-order valence-corrected chi connectivity index (χ4v) is 7.84. The summed E-state index contributed by atoms with van der Waals surface area (Å²) in [6.45, 7) is -0.703. The molecule has 0 radical (unpaired) electrons. The predicted molar refractivity (Wildman–Crippen MR) is 137 cm³/mol. The molecule has 6 atom stereocenters. The summed E-state index contributed by atoms with van der Waals surface area (Å²) in [5, 5.41) is 26.3. The monoisotopic (exact) mass is 588 g/mol. The van der Waals surface area contributed by atoms with Gasteiger partial charge in [0.05, 0.1) is 29.9 Å². The smallest absolute Gasteiger partial charge is 0.340 e. The number of aliphatic hydroxyl groups is 2. The van der Waals surface area contributed by atoms with Gasteiger partial charge in [-0.1, -0.05) is 35.9 Å². The standard InChI is InChI=1S/C22H27ClN4O9P2/c1-26(15-7-6-12-4-2-3-5-13(12)15)16-8-18(23)25-21-14(16)9-24-27(21)22-20(29)19(28)17(36-22)10-35-38(33,34)11-37(30,31)32/h2-5,8-9,15,17,19-20,22,28-29H,6-7,10-11H2,1H3,(H,33,34)(H2,30,31,32)/t15-,17-,19?,20?,22-/m1/s1. The fourth-order valence-electron chi connectivity index (χ4n) is 5.09. The van der Waals surface area contributed by atoms with E-state index in [4.69, 9.17) is 30.6 Å². The van der Waals surface area contributed by atoms with E-state index in [1.54, 1.807) is 12.3 Å². The molecule has 13 nitrogen and oxygen atoms in total. The van der Waals surface area contributed by atoms with Crippen LogP contribution >= 0.6 is 26.8 Å². The summed E-state index contributed by atoms with van der Waals surface area (Å²) < 4.78 is 34.8. The average Bonchev–Trinajstić information content (AvgIpc) is 3.52. The number of aliphatic hydroxyl groups excluding tert-OH is 2. The minimum Gasteiger partial charge on any atom is -0.387 e. The van der Waals surface area contributed by atoms with E-state index < -0.39 is 52.2 Å². The first-order chi connectivity index (χ1) is 17.8. The Morgan fingerprint density at radius 2 is 1.95 bits per heavy atom. The van der Waals surface area contributed by atoms with Crippen molar-refractivity contribution < 1.29 is 43.3 Å². The van der Waals surface area contributed by atoms with E-state index in [9.17, 15) is 24.2 Å².